The summed E-state index contributed by atoms with van der Waals surface area (Å²) in [7, 11) is -8.27. The molecule has 0 aromatic heterocycles. The summed E-state index contributed by atoms with van der Waals surface area (Å²) in [5.74, 6) is -0.492. The number of halogens is 1. The van der Waals surface area contributed by atoms with Crippen LogP contribution in [0.5, 0.6) is 0 Å². The third-order valence-electron chi connectivity index (χ3n) is 5.04. The number of hydrogen-bond acceptors (Lipinski definition) is 9. The number of hydrogen-bond donors (Lipinski definition) is 2. The van der Waals surface area contributed by atoms with E-state index in [0.717, 1.165) is 6.07 Å². The minimum absolute atomic E-state index is 0.0349. The van der Waals surface area contributed by atoms with Gasteiger partial charge in [0.1, 0.15) is 4.90 Å². The minimum Gasteiger partial charge on any atom is -0.395 e. The molecule has 1 saturated heterocycles. The predicted octanol–water partition coefficient (Wildman–Crippen LogP) is 0.373. The van der Waals surface area contributed by atoms with E-state index in [0.29, 0.717) is 31.5 Å². The molecule has 0 atom stereocenters. The van der Waals surface area contributed by atoms with Gasteiger partial charge in [0.15, 0.2) is 0 Å². The number of aliphatic hydroxyl groups excluding tert-OH is 1. The maximum absolute atomic E-state index is 13.5. The smallest absolute Gasteiger partial charge is 0.270 e. The van der Waals surface area contributed by atoms with Gasteiger partial charge in [-0.3, -0.25) is 19.6 Å². The van der Waals surface area contributed by atoms with Crippen molar-refractivity contribution in [1.82, 2.24) is 9.21 Å². The van der Waals surface area contributed by atoms with Gasteiger partial charge in [-0.05, 0) is 12.5 Å². The molecule has 12 nitrogen and oxygen atoms in total. The highest BCUT2D eigenvalue weighted by molar-refractivity contribution is 9.09. The van der Waals surface area contributed by atoms with Crippen molar-refractivity contribution in [1.29, 1.82) is 0 Å². The van der Waals surface area contributed by atoms with Gasteiger partial charge >= 0.3 is 0 Å². The summed E-state index contributed by atoms with van der Waals surface area (Å²) in [6.45, 7) is 2.02. The summed E-state index contributed by atoms with van der Waals surface area (Å²) in [4.78, 5) is 14.0. The summed E-state index contributed by atoms with van der Waals surface area (Å²) in [6.07, 6.45) is 0.0438. The van der Waals surface area contributed by atoms with E-state index in [-0.39, 0.29) is 48.9 Å². The number of anilines is 1. The molecule has 1 fully saturated rings. The molecule has 1 aromatic carbocycles. The molecule has 32 heavy (non-hydrogen) atoms. The van der Waals surface area contributed by atoms with Crippen LogP contribution in [0, 0.1) is 10.1 Å². The normalized spacial score (nSPS) is 16.2. The van der Waals surface area contributed by atoms with E-state index in [1.54, 1.807) is 4.90 Å². The molecule has 1 heterocycles. The second-order valence-electron chi connectivity index (χ2n) is 7.19. The average Bonchev–Trinajstić information content (AvgIpc) is 2.72. The first-order valence-corrected chi connectivity index (χ1v) is 14.0. The third-order valence-corrected chi connectivity index (χ3v) is 8.13. The van der Waals surface area contributed by atoms with E-state index in [1.165, 1.54) is 16.4 Å². The number of nitro benzene ring substituents is 1. The van der Waals surface area contributed by atoms with Crippen LogP contribution in [-0.4, -0.2) is 104 Å². The predicted molar refractivity (Wildman–Crippen MR) is 122 cm³/mol. The van der Waals surface area contributed by atoms with Gasteiger partial charge in [-0.25, -0.2) is 8.42 Å². The van der Waals surface area contributed by atoms with Crippen LogP contribution in [0.15, 0.2) is 23.1 Å². The van der Waals surface area contributed by atoms with Crippen LogP contribution in [-0.2, 0) is 20.1 Å². The lowest BCUT2D eigenvalue weighted by Crippen LogP contribution is -2.49. The van der Waals surface area contributed by atoms with Gasteiger partial charge in [-0.15, -0.1) is 0 Å². The van der Waals surface area contributed by atoms with Gasteiger partial charge in [0.25, 0.3) is 15.8 Å². The van der Waals surface area contributed by atoms with Crippen molar-refractivity contribution in [3.63, 3.8) is 0 Å². The van der Waals surface area contributed by atoms with Gasteiger partial charge in [0.2, 0.25) is 10.0 Å². The van der Waals surface area contributed by atoms with E-state index in [4.69, 9.17) is 9.66 Å². The molecule has 182 valence electrons. The highest BCUT2D eigenvalue weighted by Gasteiger charge is 2.33. The van der Waals surface area contributed by atoms with Crippen LogP contribution in [0.2, 0.25) is 0 Å². The Bertz CT molecular complexity index is 998. The Kier molecular flexibility index (Phi) is 9.81. The fourth-order valence-electron chi connectivity index (χ4n) is 3.45. The highest BCUT2D eigenvalue weighted by atomic mass is 79.9. The molecule has 1 aliphatic heterocycles. The molecular formula is C17H27BrN4O8S2. The fourth-order valence-corrected chi connectivity index (χ4v) is 6.03. The van der Waals surface area contributed by atoms with Crippen molar-refractivity contribution in [3.05, 3.63) is 28.3 Å². The Balaban J connectivity index is 2.40. The molecule has 0 bridgehead atoms. The van der Waals surface area contributed by atoms with Crippen LogP contribution in [0.3, 0.4) is 0 Å². The zero-order chi connectivity index (χ0) is 23.9. The van der Waals surface area contributed by atoms with Gasteiger partial charge in [-0.1, -0.05) is 15.9 Å². The van der Waals surface area contributed by atoms with Crippen LogP contribution in [0.1, 0.15) is 6.42 Å². The van der Waals surface area contributed by atoms with E-state index < -0.39 is 30.8 Å². The minimum atomic E-state index is -4.18. The monoisotopic (exact) mass is 558 g/mol. The summed E-state index contributed by atoms with van der Waals surface area (Å²) < 4.78 is 59.3. The topological polar surface area (TPSA) is 162 Å². The number of sulfonamides is 1. The van der Waals surface area contributed by atoms with Crippen LogP contribution < -0.4 is 4.90 Å². The fraction of sp³-hybridized carbons (Fsp3) is 0.647. The van der Waals surface area contributed by atoms with Crippen molar-refractivity contribution in [3.8, 4) is 0 Å². The van der Waals surface area contributed by atoms with Crippen LogP contribution >= 0.6 is 15.9 Å². The third kappa shape index (κ3) is 7.33. The lowest BCUT2D eigenvalue weighted by Gasteiger charge is -2.34. The summed E-state index contributed by atoms with van der Waals surface area (Å²) >= 11 is 3.29. The van der Waals surface area contributed by atoms with E-state index in [1.807, 2.05) is 4.90 Å². The van der Waals surface area contributed by atoms with Gasteiger partial charge in [0, 0.05) is 63.3 Å². The van der Waals surface area contributed by atoms with Crippen molar-refractivity contribution < 1.29 is 31.4 Å². The molecule has 2 N–H and O–H groups in total. The summed E-state index contributed by atoms with van der Waals surface area (Å²) in [5, 5.41) is 20.8. The Morgan fingerprint density at radius 2 is 1.78 bits per heavy atom. The van der Waals surface area contributed by atoms with Gasteiger partial charge in [0.05, 0.1) is 23.0 Å². The molecule has 0 radical (unpaired) electrons. The Labute approximate surface area is 195 Å². The van der Waals surface area contributed by atoms with Crippen molar-refractivity contribution >= 4 is 47.4 Å². The van der Waals surface area contributed by atoms with Crippen molar-refractivity contribution in [2.75, 3.05) is 68.4 Å². The number of non-ortho nitro benzene ring substituents is 1. The molecule has 1 aliphatic rings. The molecule has 0 spiro atoms. The van der Waals surface area contributed by atoms with E-state index >= 15 is 0 Å². The maximum atomic E-state index is 13.5. The summed E-state index contributed by atoms with van der Waals surface area (Å²) in [6, 6.07) is 3.58. The zero-order valence-electron chi connectivity index (χ0n) is 17.3. The first kappa shape index (κ1) is 26.9. The number of alkyl halides is 1. The van der Waals surface area contributed by atoms with Crippen molar-refractivity contribution in [2.45, 2.75) is 11.3 Å². The maximum Gasteiger partial charge on any atom is 0.270 e. The standard InChI is InChI=1S/C17H27BrN4O8S2/c18-4-6-20(5-1-13-31(26,27)28)16-3-2-15(22(24)25)14-17(16)32(29,30)21-9-7-19(8-10-21)11-12-23/h2-3,14,23H,1,4-13H2,(H,26,27,28). The van der Waals surface area contributed by atoms with Crippen LogP contribution in [0.4, 0.5) is 11.4 Å². The second kappa shape index (κ2) is 11.7. The number of rotatable bonds is 12. The molecule has 0 aliphatic carbocycles. The number of piperazine rings is 1. The SMILES string of the molecule is O=[N+]([O-])c1ccc(N(CCBr)CCCS(=O)(=O)O)c(S(=O)(=O)N2CCN(CCO)CC2)c1. The molecule has 2 rings (SSSR count). The van der Waals surface area contributed by atoms with Crippen LogP contribution in [0.25, 0.3) is 0 Å². The molecule has 15 heteroatoms. The first-order valence-electron chi connectivity index (χ1n) is 9.87. The second-order valence-corrected chi connectivity index (χ2v) is 11.5. The quantitative estimate of drug-likeness (QED) is 0.158. The number of aliphatic hydroxyl groups is 1. The highest BCUT2D eigenvalue weighted by Crippen LogP contribution is 2.32. The first-order chi connectivity index (χ1) is 15.0. The van der Waals surface area contributed by atoms with Crippen molar-refractivity contribution in [2.24, 2.45) is 0 Å². The lowest BCUT2D eigenvalue weighted by molar-refractivity contribution is -0.385. The molecular weight excluding hydrogens is 532 g/mol. The Morgan fingerprint density at radius 1 is 1.12 bits per heavy atom. The average molecular weight is 559 g/mol. The Morgan fingerprint density at radius 3 is 2.31 bits per heavy atom. The summed E-state index contributed by atoms with van der Waals surface area (Å²) in [5.41, 5.74) is -0.147. The largest absolute Gasteiger partial charge is 0.395 e. The number of benzene rings is 1. The molecule has 0 amide bonds. The Hall–Kier alpha value is -1.36. The zero-order valence-corrected chi connectivity index (χ0v) is 20.6. The van der Waals surface area contributed by atoms with E-state index in [2.05, 4.69) is 15.9 Å². The number of nitro groups is 1. The number of β-amino-alcohol motifs (C(OH)–C–C–N with tert-alkyl or cyclic N) is 1. The molecule has 1 aromatic rings. The van der Waals surface area contributed by atoms with Gasteiger partial charge < -0.3 is 10.0 Å². The molecule has 0 saturated carbocycles. The lowest BCUT2D eigenvalue weighted by atomic mass is 10.2. The molecule has 0 unspecified atom stereocenters. The van der Waals surface area contributed by atoms with Gasteiger partial charge in [-0.2, -0.15) is 12.7 Å². The number of nitrogens with zero attached hydrogens (tertiary/aromatic N) is 4. The van der Waals surface area contributed by atoms with E-state index in [9.17, 15) is 26.9 Å².